The Balaban J connectivity index is 1.42. The quantitative estimate of drug-likeness (QED) is 0.460. The number of thioether (sulfide) groups is 1. The first kappa shape index (κ1) is 23.6. The van der Waals surface area contributed by atoms with Crippen LogP contribution in [0.3, 0.4) is 0 Å². The van der Waals surface area contributed by atoms with Crippen molar-refractivity contribution in [3.05, 3.63) is 54.0 Å². The molecule has 0 spiro atoms. The average molecular weight is 490 g/mol. The maximum atomic E-state index is 13.0. The van der Waals surface area contributed by atoms with Crippen LogP contribution in [-0.4, -0.2) is 52.7 Å². The van der Waals surface area contributed by atoms with Crippen LogP contribution < -0.4 is 0 Å². The summed E-state index contributed by atoms with van der Waals surface area (Å²) in [6, 6.07) is 11.1. The molecule has 1 fully saturated rings. The summed E-state index contributed by atoms with van der Waals surface area (Å²) >= 11 is 1.14. The molecule has 1 saturated heterocycles. The van der Waals surface area contributed by atoms with Gasteiger partial charge in [0.2, 0.25) is 11.8 Å². The van der Waals surface area contributed by atoms with Gasteiger partial charge in [-0.05, 0) is 41.7 Å². The molecule has 0 aliphatic carbocycles. The molecular formula is C23H27N3O5S2. The summed E-state index contributed by atoms with van der Waals surface area (Å²) in [6.45, 7) is 6.67. The number of sulfone groups is 1. The van der Waals surface area contributed by atoms with Crippen LogP contribution in [-0.2, 0) is 26.6 Å². The molecule has 0 radical (unpaired) electrons. The van der Waals surface area contributed by atoms with Crippen molar-refractivity contribution in [3.8, 4) is 11.5 Å². The van der Waals surface area contributed by atoms with Gasteiger partial charge in [-0.2, -0.15) is 0 Å². The van der Waals surface area contributed by atoms with E-state index in [1.807, 2.05) is 24.3 Å². The molecule has 3 aromatic rings. The summed E-state index contributed by atoms with van der Waals surface area (Å²) in [5, 5.41) is 8.44. The van der Waals surface area contributed by atoms with E-state index in [2.05, 4.69) is 31.0 Å². The monoisotopic (exact) mass is 489 g/mol. The largest absolute Gasteiger partial charge is 0.467 e. The molecular weight excluding hydrogens is 462 g/mol. The van der Waals surface area contributed by atoms with E-state index in [4.69, 9.17) is 8.83 Å². The lowest BCUT2D eigenvalue weighted by Crippen LogP contribution is -2.41. The Bertz CT molecular complexity index is 1200. The summed E-state index contributed by atoms with van der Waals surface area (Å²) in [6.07, 6.45) is 1.96. The zero-order valence-corrected chi connectivity index (χ0v) is 20.5. The van der Waals surface area contributed by atoms with Gasteiger partial charge < -0.3 is 13.7 Å². The van der Waals surface area contributed by atoms with E-state index in [9.17, 15) is 13.2 Å². The van der Waals surface area contributed by atoms with E-state index < -0.39 is 9.84 Å². The third-order valence-corrected chi connectivity index (χ3v) is 8.15. The van der Waals surface area contributed by atoms with Gasteiger partial charge in [-0.3, -0.25) is 4.79 Å². The molecule has 176 valence electrons. The third-order valence-electron chi connectivity index (χ3n) is 5.60. The van der Waals surface area contributed by atoms with Crippen molar-refractivity contribution in [1.29, 1.82) is 0 Å². The van der Waals surface area contributed by atoms with Crippen molar-refractivity contribution in [2.24, 2.45) is 0 Å². The van der Waals surface area contributed by atoms with Crippen molar-refractivity contribution in [3.63, 3.8) is 0 Å². The van der Waals surface area contributed by atoms with E-state index in [0.717, 1.165) is 17.3 Å². The number of carbonyl (C=O) groups excluding carboxylic acids is 1. The predicted octanol–water partition coefficient (Wildman–Crippen LogP) is 3.94. The van der Waals surface area contributed by atoms with Gasteiger partial charge in [0.05, 0.1) is 30.1 Å². The number of nitrogens with zero attached hydrogens (tertiary/aromatic N) is 3. The molecule has 1 amide bonds. The fraction of sp³-hybridized carbons (Fsp3) is 0.435. The normalized spacial score (nSPS) is 17.8. The molecule has 1 aromatic carbocycles. The Hall–Kier alpha value is -2.59. The van der Waals surface area contributed by atoms with Crippen LogP contribution in [0.1, 0.15) is 38.5 Å². The highest BCUT2D eigenvalue weighted by Crippen LogP contribution is 2.28. The molecule has 33 heavy (non-hydrogen) atoms. The summed E-state index contributed by atoms with van der Waals surface area (Å²) in [5.41, 5.74) is 2.07. The Kier molecular flexibility index (Phi) is 6.67. The number of benzene rings is 1. The van der Waals surface area contributed by atoms with Crippen LogP contribution in [0.25, 0.3) is 11.5 Å². The summed E-state index contributed by atoms with van der Waals surface area (Å²) in [5.74, 6) is 0.915. The SMILES string of the molecule is CC(C)(C)c1ccc(-c2nnc(SCC(=O)N(Cc3ccco3)[C@H]3CCS(=O)(=O)C3)o2)cc1. The van der Waals surface area contributed by atoms with Crippen molar-refractivity contribution in [2.75, 3.05) is 17.3 Å². The first-order valence-corrected chi connectivity index (χ1v) is 13.5. The smallest absolute Gasteiger partial charge is 0.277 e. The molecule has 2 aromatic heterocycles. The number of amides is 1. The molecule has 10 heteroatoms. The zero-order chi connectivity index (χ0) is 23.6. The molecule has 1 aliphatic heterocycles. The number of aromatic nitrogens is 2. The minimum absolute atomic E-state index is 0.0284. The first-order valence-electron chi connectivity index (χ1n) is 10.7. The van der Waals surface area contributed by atoms with E-state index >= 15 is 0 Å². The van der Waals surface area contributed by atoms with E-state index in [-0.39, 0.29) is 46.4 Å². The number of furan rings is 1. The molecule has 3 heterocycles. The lowest BCUT2D eigenvalue weighted by Gasteiger charge is -2.27. The van der Waals surface area contributed by atoms with Gasteiger partial charge in [0.15, 0.2) is 9.84 Å². The van der Waals surface area contributed by atoms with Crippen molar-refractivity contribution in [1.82, 2.24) is 15.1 Å². The predicted molar refractivity (Wildman–Crippen MR) is 125 cm³/mol. The standard InChI is InChI=1S/C23H27N3O5S2/c1-23(2,3)17-8-6-16(7-9-17)21-24-25-22(31-21)32-14-20(27)26(13-19-5-4-11-30-19)18-10-12-33(28,29)15-18/h4-9,11,18H,10,12-15H2,1-3H3/t18-/m0/s1. The number of carbonyl (C=O) groups is 1. The molecule has 0 bridgehead atoms. The molecule has 4 rings (SSSR count). The van der Waals surface area contributed by atoms with E-state index in [1.165, 1.54) is 11.8 Å². The number of hydrogen-bond acceptors (Lipinski definition) is 8. The van der Waals surface area contributed by atoms with Crippen LogP contribution in [0.15, 0.2) is 56.7 Å². The van der Waals surface area contributed by atoms with Gasteiger partial charge in [-0.25, -0.2) is 8.42 Å². The fourth-order valence-electron chi connectivity index (χ4n) is 3.72. The topological polar surface area (TPSA) is 107 Å². The number of hydrogen-bond donors (Lipinski definition) is 0. The molecule has 0 saturated carbocycles. The first-order chi connectivity index (χ1) is 15.6. The molecule has 8 nitrogen and oxygen atoms in total. The van der Waals surface area contributed by atoms with Crippen LogP contribution in [0.5, 0.6) is 0 Å². The summed E-state index contributed by atoms with van der Waals surface area (Å²) in [4.78, 5) is 14.6. The zero-order valence-electron chi connectivity index (χ0n) is 18.9. The van der Waals surface area contributed by atoms with Crippen LogP contribution in [0.2, 0.25) is 0 Å². The molecule has 0 unspecified atom stereocenters. The van der Waals surface area contributed by atoms with Crippen molar-refractivity contribution in [2.45, 2.75) is 50.4 Å². The minimum Gasteiger partial charge on any atom is -0.467 e. The van der Waals surface area contributed by atoms with Crippen molar-refractivity contribution >= 4 is 27.5 Å². The van der Waals surface area contributed by atoms with Crippen LogP contribution >= 0.6 is 11.8 Å². The van der Waals surface area contributed by atoms with Crippen LogP contribution in [0, 0.1) is 0 Å². The second-order valence-corrected chi connectivity index (χ2v) is 12.3. The fourth-order valence-corrected chi connectivity index (χ4v) is 6.10. The summed E-state index contributed by atoms with van der Waals surface area (Å²) < 4.78 is 35.1. The van der Waals surface area contributed by atoms with E-state index in [1.54, 1.807) is 17.0 Å². The van der Waals surface area contributed by atoms with Gasteiger partial charge in [0.1, 0.15) is 5.76 Å². The van der Waals surface area contributed by atoms with Gasteiger partial charge in [0.25, 0.3) is 5.22 Å². The highest BCUT2D eigenvalue weighted by Gasteiger charge is 2.35. The number of rotatable bonds is 7. The third kappa shape index (κ3) is 5.86. The average Bonchev–Trinajstić information content (AvgIpc) is 3.51. The Morgan fingerprint density at radius 2 is 1.94 bits per heavy atom. The minimum atomic E-state index is -3.13. The van der Waals surface area contributed by atoms with Gasteiger partial charge in [-0.1, -0.05) is 44.7 Å². The lowest BCUT2D eigenvalue weighted by molar-refractivity contribution is -0.131. The van der Waals surface area contributed by atoms with Gasteiger partial charge >= 0.3 is 0 Å². The Morgan fingerprint density at radius 1 is 1.18 bits per heavy atom. The Labute approximate surface area is 197 Å². The van der Waals surface area contributed by atoms with Crippen molar-refractivity contribution < 1.29 is 22.0 Å². The maximum Gasteiger partial charge on any atom is 0.277 e. The maximum absolute atomic E-state index is 13.0. The van der Waals surface area contributed by atoms with E-state index in [0.29, 0.717) is 18.1 Å². The molecule has 0 N–H and O–H groups in total. The molecule has 1 aliphatic rings. The van der Waals surface area contributed by atoms with Gasteiger partial charge in [-0.15, -0.1) is 10.2 Å². The van der Waals surface area contributed by atoms with Gasteiger partial charge in [0, 0.05) is 11.6 Å². The van der Waals surface area contributed by atoms with Crippen LogP contribution in [0.4, 0.5) is 0 Å². The second kappa shape index (κ2) is 9.34. The summed E-state index contributed by atoms with van der Waals surface area (Å²) in [7, 11) is -3.13. The molecule has 1 atom stereocenters. The highest BCUT2D eigenvalue weighted by molar-refractivity contribution is 7.99. The Morgan fingerprint density at radius 3 is 2.55 bits per heavy atom. The second-order valence-electron chi connectivity index (χ2n) is 9.15. The highest BCUT2D eigenvalue weighted by atomic mass is 32.2. The lowest BCUT2D eigenvalue weighted by atomic mass is 9.87.